The zero-order valence-corrected chi connectivity index (χ0v) is 9.39. The highest BCUT2D eigenvalue weighted by Crippen LogP contribution is 2.30. The molecule has 0 bridgehead atoms. The topological polar surface area (TPSA) is 61.0 Å². The second kappa shape index (κ2) is 4.05. The quantitative estimate of drug-likeness (QED) is 0.800. The number of aryl methyl sites for hydroxylation is 1. The number of nitrogens with two attached hydrogens (primary N) is 1. The molecular weight excluding hydrogens is 214 g/mol. The van der Waals surface area contributed by atoms with Crippen molar-refractivity contribution in [1.82, 2.24) is 9.97 Å². The van der Waals surface area contributed by atoms with Crippen LogP contribution in [0.25, 0.3) is 0 Å². The number of anilines is 1. The molecule has 0 fully saturated rings. The van der Waals surface area contributed by atoms with E-state index in [1.807, 2.05) is 18.2 Å². The molecule has 86 valence electrons. The Kier molecular flexibility index (Phi) is 2.40. The molecule has 0 spiro atoms. The normalized spacial score (nSPS) is 13.4. The summed E-state index contributed by atoms with van der Waals surface area (Å²) in [5.41, 5.74) is 8.64. The molecule has 4 nitrogen and oxygen atoms in total. The first kappa shape index (κ1) is 10.1. The van der Waals surface area contributed by atoms with Crippen molar-refractivity contribution in [3.63, 3.8) is 0 Å². The molecular formula is C13H13N3O. The summed E-state index contributed by atoms with van der Waals surface area (Å²) < 4.78 is 5.77. The Morgan fingerprint density at radius 1 is 1.18 bits per heavy atom. The fourth-order valence-corrected chi connectivity index (χ4v) is 2.11. The molecule has 0 amide bonds. The largest absolute Gasteiger partial charge is 0.439 e. The van der Waals surface area contributed by atoms with Crippen LogP contribution in [0.2, 0.25) is 0 Å². The standard InChI is InChI=1S/C13H13N3O/c14-9-3-1-4-10(7-9)17-13-11-5-2-6-12(11)15-8-16-13/h1,3-4,7-8H,2,5-6,14H2. The molecule has 1 aliphatic rings. The van der Waals surface area contributed by atoms with Crippen LogP contribution in [0.3, 0.4) is 0 Å². The number of hydrogen-bond acceptors (Lipinski definition) is 4. The van der Waals surface area contributed by atoms with E-state index in [1.165, 1.54) is 0 Å². The molecule has 1 aromatic heterocycles. The molecule has 1 aliphatic carbocycles. The van der Waals surface area contributed by atoms with Gasteiger partial charge in [-0.1, -0.05) is 6.07 Å². The fraction of sp³-hybridized carbons (Fsp3) is 0.231. The highest BCUT2D eigenvalue weighted by atomic mass is 16.5. The second-order valence-electron chi connectivity index (χ2n) is 4.13. The van der Waals surface area contributed by atoms with E-state index in [0.717, 1.165) is 36.3 Å². The molecule has 17 heavy (non-hydrogen) atoms. The number of ether oxygens (including phenoxy) is 1. The Labute approximate surface area is 99.5 Å². The molecule has 0 atom stereocenters. The van der Waals surface area contributed by atoms with Gasteiger partial charge in [-0.3, -0.25) is 0 Å². The summed E-state index contributed by atoms with van der Waals surface area (Å²) in [6.45, 7) is 0. The molecule has 0 saturated heterocycles. The monoisotopic (exact) mass is 227 g/mol. The van der Waals surface area contributed by atoms with E-state index in [4.69, 9.17) is 10.5 Å². The lowest BCUT2D eigenvalue weighted by Gasteiger charge is -2.08. The molecule has 0 unspecified atom stereocenters. The average molecular weight is 227 g/mol. The Balaban J connectivity index is 1.93. The lowest BCUT2D eigenvalue weighted by Crippen LogP contribution is -1.97. The predicted molar refractivity (Wildman–Crippen MR) is 65.0 cm³/mol. The van der Waals surface area contributed by atoms with Gasteiger partial charge in [0.2, 0.25) is 5.88 Å². The number of benzene rings is 1. The van der Waals surface area contributed by atoms with Gasteiger partial charge in [0.1, 0.15) is 12.1 Å². The van der Waals surface area contributed by atoms with Gasteiger partial charge in [-0.25, -0.2) is 9.97 Å². The maximum absolute atomic E-state index is 5.77. The molecule has 1 aromatic carbocycles. The van der Waals surface area contributed by atoms with E-state index < -0.39 is 0 Å². The van der Waals surface area contributed by atoms with Crippen molar-refractivity contribution in [2.24, 2.45) is 0 Å². The third kappa shape index (κ3) is 1.93. The van der Waals surface area contributed by atoms with Crippen LogP contribution in [0.15, 0.2) is 30.6 Å². The van der Waals surface area contributed by atoms with Crippen LogP contribution in [0.4, 0.5) is 5.69 Å². The number of hydrogen-bond donors (Lipinski definition) is 1. The van der Waals surface area contributed by atoms with Crippen LogP contribution < -0.4 is 10.5 Å². The van der Waals surface area contributed by atoms with Crippen LogP contribution in [-0.4, -0.2) is 9.97 Å². The van der Waals surface area contributed by atoms with Gasteiger partial charge >= 0.3 is 0 Å². The van der Waals surface area contributed by atoms with E-state index in [0.29, 0.717) is 11.6 Å². The predicted octanol–water partition coefficient (Wildman–Crippen LogP) is 2.34. The van der Waals surface area contributed by atoms with Crippen LogP contribution >= 0.6 is 0 Å². The van der Waals surface area contributed by atoms with Crippen LogP contribution in [-0.2, 0) is 12.8 Å². The van der Waals surface area contributed by atoms with Crippen molar-refractivity contribution in [2.75, 3.05) is 5.73 Å². The van der Waals surface area contributed by atoms with Crippen molar-refractivity contribution in [1.29, 1.82) is 0 Å². The third-order valence-electron chi connectivity index (χ3n) is 2.91. The smallest absolute Gasteiger partial charge is 0.225 e. The van der Waals surface area contributed by atoms with Crippen molar-refractivity contribution in [3.8, 4) is 11.6 Å². The Morgan fingerprint density at radius 2 is 2.12 bits per heavy atom. The number of nitrogen functional groups attached to an aromatic ring is 1. The Hall–Kier alpha value is -2.10. The van der Waals surface area contributed by atoms with Gasteiger partial charge in [-0.15, -0.1) is 0 Å². The minimum atomic E-state index is 0.665. The number of aromatic nitrogens is 2. The lowest BCUT2D eigenvalue weighted by atomic mass is 10.2. The first-order valence-corrected chi connectivity index (χ1v) is 5.69. The van der Waals surface area contributed by atoms with E-state index >= 15 is 0 Å². The molecule has 2 aromatic rings. The van der Waals surface area contributed by atoms with Gasteiger partial charge in [-0.05, 0) is 31.4 Å². The third-order valence-corrected chi connectivity index (χ3v) is 2.91. The van der Waals surface area contributed by atoms with Crippen LogP contribution in [0.1, 0.15) is 17.7 Å². The van der Waals surface area contributed by atoms with Crippen molar-refractivity contribution in [2.45, 2.75) is 19.3 Å². The van der Waals surface area contributed by atoms with E-state index in [-0.39, 0.29) is 0 Å². The second-order valence-corrected chi connectivity index (χ2v) is 4.13. The maximum Gasteiger partial charge on any atom is 0.225 e. The molecule has 3 rings (SSSR count). The minimum absolute atomic E-state index is 0.665. The summed E-state index contributed by atoms with van der Waals surface area (Å²) in [5, 5.41) is 0. The number of rotatable bonds is 2. The van der Waals surface area contributed by atoms with Gasteiger partial charge < -0.3 is 10.5 Å². The number of fused-ring (bicyclic) bond motifs is 1. The van der Waals surface area contributed by atoms with E-state index in [1.54, 1.807) is 12.4 Å². The number of nitrogens with zero attached hydrogens (tertiary/aromatic N) is 2. The molecule has 0 saturated carbocycles. The summed E-state index contributed by atoms with van der Waals surface area (Å²) in [5.74, 6) is 1.39. The average Bonchev–Trinajstić information content (AvgIpc) is 2.78. The fourth-order valence-electron chi connectivity index (χ4n) is 2.11. The molecule has 2 N–H and O–H groups in total. The van der Waals surface area contributed by atoms with Gasteiger partial charge in [0.15, 0.2) is 0 Å². The van der Waals surface area contributed by atoms with Crippen molar-refractivity contribution < 1.29 is 4.74 Å². The van der Waals surface area contributed by atoms with Crippen LogP contribution in [0.5, 0.6) is 11.6 Å². The van der Waals surface area contributed by atoms with Gasteiger partial charge in [-0.2, -0.15) is 0 Å². The summed E-state index contributed by atoms with van der Waals surface area (Å²) in [6.07, 6.45) is 4.70. The lowest BCUT2D eigenvalue weighted by molar-refractivity contribution is 0.455. The van der Waals surface area contributed by atoms with Gasteiger partial charge in [0.05, 0.1) is 5.69 Å². The summed E-state index contributed by atoms with van der Waals surface area (Å²) in [4.78, 5) is 8.46. The SMILES string of the molecule is Nc1cccc(Oc2ncnc3c2CCC3)c1. The first-order valence-electron chi connectivity index (χ1n) is 5.69. The van der Waals surface area contributed by atoms with Crippen molar-refractivity contribution >= 4 is 5.69 Å². The van der Waals surface area contributed by atoms with Gasteiger partial charge in [0.25, 0.3) is 0 Å². The molecule has 4 heteroatoms. The highest BCUT2D eigenvalue weighted by Gasteiger charge is 2.18. The van der Waals surface area contributed by atoms with Crippen molar-refractivity contribution in [3.05, 3.63) is 41.9 Å². The zero-order chi connectivity index (χ0) is 11.7. The Bertz CT molecular complexity index is 554. The molecule has 0 aliphatic heterocycles. The Morgan fingerprint density at radius 3 is 3.00 bits per heavy atom. The van der Waals surface area contributed by atoms with Gasteiger partial charge in [0, 0.05) is 17.3 Å². The van der Waals surface area contributed by atoms with E-state index in [2.05, 4.69) is 9.97 Å². The van der Waals surface area contributed by atoms with E-state index in [9.17, 15) is 0 Å². The minimum Gasteiger partial charge on any atom is -0.439 e. The van der Waals surface area contributed by atoms with Crippen LogP contribution in [0, 0.1) is 0 Å². The zero-order valence-electron chi connectivity index (χ0n) is 9.39. The summed E-state index contributed by atoms with van der Waals surface area (Å²) in [6, 6.07) is 7.37. The highest BCUT2D eigenvalue weighted by molar-refractivity contribution is 5.45. The maximum atomic E-state index is 5.77. The summed E-state index contributed by atoms with van der Waals surface area (Å²) >= 11 is 0. The summed E-state index contributed by atoms with van der Waals surface area (Å²) in [7, 11) is 0. The molecule has 1 heterocycles. The first-order chi connectivity index (χ1) is 8.33. The molecule has 0 radical (unpaired) electrons.